The maximum atomic E-state index is 3.67. The van der Waals surface area contributed by atoms with Crippen LogP contribution in [-0.2, 0) is 0 Å². The second-order valence-corrected chi connectivity index (χ2v) is 2.78. The first kappa shape index (κ1) is 13.5. The van der Waals surface area contributed by atoms with E-state index in [-0.39, 0.29) is 0 Å². The summed E-state index contributed by atoms with van der Waals surface area (Å²) in [5.74, 6) is 0. The molecule has 0 saturated carbocycles. The smallest absolute Gasteiger partial charge is 0.0314 e. The van der Waals surface area contributed by atoms with Crippen LogP contribution in [0.4, 0.5) is 0 Å². The van der Waals surface area contributed by atoms with E-state index in [1.807, 2.05) is 13.8 Å². The first-order chi connectivity index (χ1) is 5.45. The molecule has 0 heterocycles. The van der Waals surface area contributed by atoms with Crippen LogP contribution < -0.4 is 0 Å². The Balaban J connectivity index is 0. The van der Waals surface area contributed by atoms with Crippen LogP contribution >= 0.6 is 0 Å². The Morgan fingerprint density at radius 3 is 1.42 bits per heavy atom. The summed E-state index contributed by atoms with van der Waals surface area (Å²) < 4.78 is 0. The van der Waals surface area contributed by atoms with Crippen molar-refractivity contribution < 1.29 is 0 Å². The molecule has 0 saturated heterocycles. The third-order valence-electron chi connectivity index (χ3n) is 1.47. The SMILES string of the molecule is C=C(C)C(=C)C.C=CC(=C)CC. The van der Waals surface area contributed by atoms with E-state index in [0.717, 1.165) is 23.1 Å². The van der Waals surface area contributed by atoms with Gasteiger partial charge in [-0.05, 0) is 20.3 Å². The Morgan fingerprint density at radius 1 is 1.08 bits per heavy atom. The van der Waals surface area contributed by atoms with Gasteiger partial charge in [0.1, 0.15) is 0 Å². The molecule has 0 aliphatic heterocycles. The maximum Gasteiger partial charge on any atom is -0.0314 e. The van der Waals surface area contributed by atoms with Gasteiger partial charge in [-0.15, -0.1) is 0 Å². The Hall–Kier alpha value is -1.04. The number of allylic oxidation sites excluding steroid dienone is 4. The molecule has 0 aromatic heterocycles. The first-order valence-electron chi connectivity index (χ1n) is 4.07. The molecule has 0 N–H and O–H groups in total. The Morgan fingerprint density at radius 2 is 1.42 bits per heavy atom. The van der Waals surface area contributed by atoms with Gasteiger partial charge in [0.2, 0.25) is 0 Å². The number of rotatable bonds is 3. The predicted molar refractivity (Wildman–Crippen MR) is 59.3 cm³/mol. The molecule has 0 fully saturated rings. The van der Waals surface area contributed by atoms with Crippen molar-refractivity contribution >= 4 is 0 Å². The molecule has 0 bridgehead atoms. The number of hydrogen-bond donors (Lipinski definition) is 0. The molecule has 68 valence electrons. The molecule has 0 aromatic rings. The third-order valence-corrected chi connectivity index (χ3v) is 1.47. The van der Waals surface area contributed by atoms with E-state index in [4.69, 9.17) is 0 Å². The molecule has 0 atom stereocenters. The third kappa shape index (κ3) is 11.7. The highest BCUT2D eigenvalue weighted by Gasteiger charge is 1.77. The maximum absolute atomic E-state index is 3.67. The quantitative estimate of drug-likeness (QED) is 0.546. The van der Waals surface area contributed by atoms with Crippen LogP contribution in [0.5, 0.6) is 0 Å². The fraction of sp³-hybridized carbons (Fsp3) is 0.333. The lowest BCUT2D eigenvalue weighted by Crippen LogP contribution is -1.67. The molecule has 0 aromatic carbocycles. The first-order valence-corrected chi connectivity index (χ1v) is 4.07. The van der Waals surface area contributed by atoms with Gasteiger partial charge in [-0.2, -0.15) is 0 Å². The van der Waals surface area contributed by atoms with Gasteiger partial charge in [0.15, 0.2) is 0 Å². The highest BCUT2D eigenvalue weighted by atomic mass is 13.8. The molecule has 0 rings (SSSR count). The van der Waals surface area contributed by atoms with Crippen molar-refractivity contribution in [1.29, 1.82) is 0 Å². The lowest BCUT2D eigenvalue weighted by atomic mass is 10.2. The van der Waals surface area contributed by atoms with Crippen LogP contribution in [0.25, 0.3) is 0 Å². The Kier molecular flexibility index (Phi) is 9.10. The van der Waals surface area contributed by atoms with Crippen molar-refractivity contribution in [2.45, 2.75) is 27.2 Å². The van der Waals surface area contributed by atoms with Gasteiger partial charge in [0, 0.05) is 0 Å². The van der Waals surface area contributed by atoms with Gasteiger partial charge < -0.3 is 0 Å². The van der Waals surface area contributed by atoms with E-state index < -0.39 is 0 Å². The zero-order chi connectivity index (χ0) is 10.1. The van der Waals surface area contributed by atoms with Gasteiger partial charge >= 0.3 is 0 Å². The van der Waals surface area contributed by atoms with E-state index in [0.29, 0.717) is 0 Å². The van der Waals surface area contributed by atoms with Crippen molar-refractivity contribution in [2.24, 2.45) is 0 Å². The molecule has 0 aliphatic carbocycles. The molecule has 0 radical (unpaired) electrons. The summed E-state index contributed by atoms with van der Waals surface area (Å²) in [6.45, 7) is 20.5. The standard InChI is InChI=1S/2C6H10/c1-5(2)6(3)4;1-4-6(3)5-2/h1,3H2,2,4H3;4H,1,3,5H2,2H3. The molecule has 0 amide bonds. The Labute approximate surface area is 77.0 Å². The minimum absolute atomic E-state index is 1.02. The molecule has 0 heteroatoms. The van der Waals surface area contributed by atoms with E-state index in [1.54, 1.807) is 6.08 Å². The van der Waals surface area contributed by atoms with E-state index in [9.17, 15) is 0 Å². The normalized spacial score (nSPS) is 7.58. The summed E-state index contributed by atoms with van der Waals surface area (Å²) >= 11 is 0. The van der Waals surface area contributed by atoms with Crippen molar-refractivity contribution in [2.75, 3.05) is 0 Å². The highest BCUT2D eigenvalue weighted by molar-refractivity contribution is 5.19. The fourth-order valence-electron chi connectivity index (χ4n) is 0.144. The number of hydrogen-bond acceptors (Lipinski definition) is 0. The molecule has 0 nitrogen and oxygen atoms in total. The average Bonchev–Trinajstić information content (AvgIpc) is 2.04. The van der Waals surface area contributed by atoms with Crippen molar-refractivity contribution in [3.63, 3.8) is 0 Å². The predicted octanol–water partition coefficient (Wildman–Crippen LogP) is 4.28. The molecular formula is C12H20. The molecule has 0 spiro atoms. The average molecular weight is 164 g/mol. The second kappa shape index (κ2) is 8.06. The van der Waals surface area contributed by atoms with E-state index in [2.05, 4.69) is 33.2 Å². The monoisotopic (exact) mass is 164 g/mol. The minimum atomic E-state index is 1.02. The molecule has 12 heavy (non-hydrogen) atoms. The van der Waals surface area contributed by atoms with E-state index in [1.165, 1.54) is 0 Å². The van der Waals surface area contributed by atoms with Gasteiger partial charge in [-0.3, -0.25) is 0 Å². The molecule has 0 unspecified atom stereocenters. The highest BCUT2D eigenvalue weighted by Crippen LogP contribution is 1.98. The molecule has 0 aliphatic rings. The van der Waals surface area contributed by atoms with Crippen LogP contribution in [0.15, 0.2) is 49.1 Å². The van der Waals surface area contributed by atoms with Gasteiger partial charge in [-0.25, -0.2) is 0 Å². The van der Waals surface area contributed by atoms with Gasteiger partial charge in [0.05, 0.1) is 0 Å². The van der Waals surface area contributed by atoms with Crippen molar-refractivity contribution in [3.8, 4) is 0 Å². The lowest BCUT2D eigenvalue weighted by Gasteiger charge is -1.88. The van der Waals surface area contributed by atoms with Crippen LogP contribution in [0.1, 0.15) is 27.2 Å². The van der Waals surface area contributed by atoms with Crippen molar-refractivity contribution in [1.82, 2.24) is 0 Å². The summed E-state index contributed by atoms with van der Waals surface area (Å²) in [6, 6.07) is 0. The molecular weight excluding hydrogens is 144 g/mol. The Bertz CT molecular complexity index is 167. The van der Waals surface area contributed by atoms with Gasteiger partial charge in [-0.1, -0.05) is 56.0 Å². The minimum Gasteiger partial charge on any atom is -0.0988 e. The zero-order valence-corrected chi connectivity index (χ0v) is 8.61. The van der Waals surface area contributed by atoms with Crippen LogP contribution in [0, 0.1) is 0 Å². The fourth-order valence-corrected chi connectivity index (χ4v) is 0.144. The summed E-state index contributed by atoms with van der Waals surface area (Å²) in [5.41, 5.74) is 3.24. The van der Waals surface area contributed by atoms with Crippen LogP contribution in [0.2, 0.25) is 0 Å². The zero-order valence-electron chi connectivity index (χ0n) is 8.61. The summed E-state index contributed by atoms with van der Waals surface area (Å²) in [5, 5.41) is 0. The lowest BCUT2D eigenvalue weighted by molar-refractivity contribution is 1.16. The van der Waals surface area contributed by atoms with E-state index >= 15 is 0 Å². The summed E-state index contributed by atoms with van der Waals surface area (Å²) in [4.78, 5) is 0. The largest absolute Gasteiger partial charge is 0.0988 e. The second-order valence-electron chi connectivity index (χ2n) is 2.78. The van der Waals surface area contributed by atoms with Gasteiger partial charge in [0.25, 0.3) is 0 Å². The summed E-state index contributed by atoms with van der Waals surface area (Å²) in [7, 11) is 0. The van der Waals surface area contributed by atoms with Crippen molar-refractivity contribution in [3.05, 3.63) is 49.1 Å². The van der Waals surface area contributed by atoms with Crippen LogP contribution in [0.3, 0.4) is 0 Å². The van der Waals surface area contributed by atoms with Crippen LogP contribution in [-0.4, -0.2) is 0 Å². The topological polar surface area (TPSA) is 0 Å². The summed E-state index contributed by atoms with van der Waals surface area (Å²) in [6.07, 6.45) is 2.80.